The fraction of sp³-hybridized carbons (Fsp3) is 0.650. The van der Waals surface area contributed by atoms with Gasteiger partial charge < -0.3 is 10.2 Å². The van der Waals surface area contributed by atoms with Gasteiger partial charge in [0.1, 0.15) is 0 Å². The van der Waals surface area contributed by atoms with Gasteiger partial charge in [-0.3, -0.25) is 4.79 Å². The maximum atomic E-state index is 12.4. The lowest BCUT2D eigenvalue weighted by molar-refractivity contribution is 0.0890. The van der Waals surface area contributed by atoms with E-state index in [1.807, 2.05) is 31.2 Å². The molecule has 0 radical (unpaired) electrons. The van der Waals surface area contributed by atoms with Crippen LogP contribution >= 0.6 is 0 Å². The van der Waals surface area contributed by atoms with Gasteiger partial charge in [0.15, 0.2) is 0 Å². The highest BCUT2D eigenvalue weighted by atomic mass is 16.1. The molecule has 3 rings (SSSR count). The molecule has 1 amide bonds. The summed E-state index contributed by atoms with van der Waals surface area (Å²) in [6.45, 7) is 5.49. The van der Waals surface area contributed by atoms with Crippen LogP contribution in [-0.2, 0) is 0 Å². The molecule has 1 heterocycles. The first-order valence-corrected chi connectivity index (χ1v) is 9.30. The van der Waals surface area contributed by atoms with Crippen LogP contribution in [0, 0.1) is 12.8 Å². The molecule has 0 aromatic heterocycles. The van der Waals surface area contributed by atoms with E-state index in [4.69, 9.17) is 0 Å². The molecule has 1 atom stereocenters. The molecule has 1 saturated carbocycles. The van der Waals surface area contributed by atoms with Crippen molar-refractivity contribution in [2.45, 2.75) is 57.9 Å². The Bertz CT molecular complexity index is 522. The SMILES string of the molecule is Cc1cccc(C(=O)N[C@H]2CCCN(CC3CCCCC3)C2)c1. The van der Waals surface area contributed by atoms with Crippen molar-refractivity contribution < 1.29 is 4.79 Å². The molecule has 1 saturated heterocycles. The summed E-state index contributed by atoms with van der Waals surface area (Å²) < 4.78 is 0. The van der Waals surface area contributed by atoms with E-state index >= 15 is 0 Å². The van der Waals surface area contributed by atoms with E-state index in [-0.39, 0.29) is 5.91 Å². The monoisotopic (exact) mass is 314 g/mol. The minimum atomic E-state index is 0.0817. The van der Waals surface area contributed by atoms with Crippen molar-refractivity contribution in [3.05, 3.63) is 35.4 Å². The number of rotatable bonds is 4. The van der Waals surface area contributed by atoms with Crippen LogP contribution in [0.15, 0.2) is 24.3 Å². The average molecular weight is 314 g/mol. The zero-order valence-corrected chi connectivity index (χ0v) is 14.4. The Morgan fingerprint density at radius 3 is 2.78 bits per heavy atom. The number of benzene rings is 1. The first kappa shape index (κ1) is 16.5. The van der Waals surface area contributed by atoms with E-state index in [0.29, 0.717) is 6.04 Å². The Labute approximate surface area is 140 Å². The number of piperidine rings is 1. The van der Waals surface area contributed by atoms with Crippen LogP contribution in [0.2, 0.25) is 0 Å². The fourth-order valence-corrected chi connectivity index (χ4v) is 4.13. The predicted molar refractivity (Wildman–Crippen MR) is 94.7 cm³/mol. The number of nitrogens with zero attached hydrogens (tertiary/aromatic N) is 1. The third-order valence-corrected chi connectivity index (χ3v) is 5.36. The van der Waals surface area contributed by atoms with Crippen molar-refractivity contribution in [2.75, 3.05) is 19.6 Å². The summed E-state index contributed by atoms with van der Waals surface area (Å²) >= 11 is 0. The van der Waals surface area contributed by atoms with E-state index < -0.39 is 0 Å². The number of aryl methyl sites for hydroxylation is 1. The molecule has 2 aliphatic rings. The van der Waals surface area contributed by atoms with Gasteiger partial charge in [-0.15, -0.1) is 0 Å². The van der Waals surface area contributed by atoms with E-state index in [9.17, 15) is 4.79 Å². The smallest absolute Gasteiger partial charge is 0.251 e. The van der Waals surface area contributed by atoms with Crippen LogP contribution < -0.4 is 5.32 Å². The summed E-state index contributed by atoms with van der Waals surface area (Å²) in [7, 11) is 0. The second kappa shape index (κ2) is 7.96. The summed E-state index contributed by atoms with van der Waals surface area (Å²) in [6, 6.07) is 8.17. The molecule has 3 nitrogen and oxygen atoms in total. The van der Waals surface area contributed by atoms with E-state index in [1.54, 1.807) is 0 Å². The van der Waals surface area contributed by atoms with Gasteiger partial charge in [0.2, 0.25) is 0 Å². The number of amides is 1. The molecule has 3 heteroatoms. The van der Waals surface area contributed by atoms with Gasteiger partial charge in [0, 0.05) is 24.7 Å². The lowest BCUT2D eigenvalue weighted by Gasteiger charge is -2.36. The normalized spacial score (nSPS) is 23.6. The average Bonchev–Trinajstić information content (AvgIpc) is 2.56. The molecule has 0 spiro atoms. The van der Waals surface area contributed by atoms with Crippen molar-refractivity contribution in [3.8, 4) is 0 Å². The van der Waals surface area contributed by atoms with Gasteiger partial charge in [0.05, 0.1) is 0 Å². The van der Waals surface area contributed by atoms with Crippen LogP contribution in [0.1, 0.15) is 60.9 Å². The fourth-order valence-electron chi connectivity index (χ4n) is 4.13. The molecule has 23 heavy (non-hydrogen) atoms. The Hall–Kier alpha value is -1.35. The third kappa shape index (κ3) is 4.81. The van der Waals surface area contributed by atoms with E-state index in [2.05, 4.69) is 10.2 Å². The number of nitrogens with one attached hydrogen (secondary N) is 1. The lowest BCUT2D eigenvalue weighted by atomic mass is 9.88. The highest BCUT2D eigenvalue weighted by Gasteiger charge is 2.24. The van der Waals surface area contributed by atoms with E-state index in [1.165, 1.54) is 51.6 Å². The molecular weight excluding hydrogens is 284 g/mol. The van der Waals surface area contributed by atoms with Crippen LogP contribution in [0.4, 0.5) is 0 Å². The van der Waals surface area contributed by atoms with Crippen LogP contribution in [0.3, 0.4) is 0 Å². The lowest BCUT2D eigenvalue weighted by Crippen LogP contribution is -2.48. The first-order valence-electron chi connectivity index (χ1n) is 9.30. The third-order valence-electron chi connectivity index (χ3n) is 5.36. The maximum absolute atomic E-state index is 12.4. The zero-order valence-electron chi connectivity index (χ0n) is 14.4. The van der Waals surface area contributed by atoms with E-state index in [0.717, 1.165) is 30.0 Å². The maximum Gasteiger partial charge on any atom is 0.251 e. The van der Waals surface area contributed by atoms with Gasteiger partial charge in [0.25, 0.3) is 5.91 Å². The summed E-state index contributed by atoms with van der Waals surface area (Å²) in [6.07, 6.45) is 9.35. The molecule has 126 valence electrons. The van der Waals surface area contributed by atoms with Crippen molar-refractivity contribution in [1.29, 1.82) is 0 Å². The van der Waals surface area contributed by atoms with Crippen molar-refractivity contribution >= 4 is 5.91 Å². The van der Waals surface area contributed by atoms with Crippen molar-refractivity contribution in [1.82, 2.24) is 10.2 Å². The molecule has 1 N–H and O–H groups in total. The van der Waals surface area contributed by atoms with Gasteiger partial charge in [-0.1, -0.05) is 37.0 Å². The Balaban J connectivity index is 1.50. The number of hydrogen-bond donors (Lipinski definition) is 1. The van der Waals surface area contributed by atoms with Crippen LogP contribution in [0.25, 0.3) is 0 Å². The van der Waals surface area contributed by atoms with Crippen molar-refractivity contribution in [2.24, 2.45) is 5.92 Å². The molecular formula is C20H30N2O. The number of carbonyl (C=O) groups excluding carboxylic acids is 1. The molecule has 0 unspecified atom stereocenters. The molecule has 1 aromatic rings. The summed E-state index contributed by atoms with van der Waals surface area (Å²) in [5.74, 6) is 0.966. The second-order valence-corrected chi connectivity index (χ2v) is 7.45. The van der Waals surface area contributed by atoms with Crippen LogP contribution in [0.5, 0.6) is 0 Å². The van der Waals surface area contributed by atoms with Crippen molar-refractivity contribution in [3.63, 3.8) is 0 Å². The predicted octanol–water partition coefficient (Wildman–Crippen LogP) is 3.77. The summed E-state index contributed by atoms with van der Waals surface area (Å²) in [5.41, 5.74) is 1.93. The molecule has 1 aromatic carbocycles. The Morgan fingerprint density at radius 1 is 1.17 bits per heavy atom. The topological polar surface area (TPSA) is 32.3 Å². The largest absolute Gasteiger partial charge is 0.348 e. The van der Waals surface area contributed by atoms with Gasteiger partial charge >= 0.3 is 0 Å². The quantitative estimate of drug-likeness (QED) is 0.917. The van der Waals surface area contributed by atoms with Gasteiger partial charge in [-0.2, -0.15) is 0 Å². The Kier molecular flexibility index (Phi) is 5.71. The Morgan fingerprint density at radius 2 is 2.00 bits per heavy atom. The highest BCUT2D eigenvalue weighted by Crippen LogP contribution is 2.25. The molecule has 1 aliphatic carbocycles. The zero-order chi connectivity index (χ0) is 16.1. The standard InChI is InChI=1S/C20H30N2O/c1-16-7-5-10-18(13-16)20(23)21-19-11-6-12-22(15-19)14-17-8-3-2-4-9-17/h5,7,10,13,17,19H,2-4,6,8-9,11-12,14-15H2,1H3,(H,21,23)/t19-/m0/s1. The number of carbonyl (C=O) groups is 1. The number of hydrogen-bond acceptors (Lipinski definition) is 2. The van der Waals surface area contributed by atoms with Gasteiger partial charge in [-0.05, 0) is 57.2 Å². The molecule has 1 aliphatic heterocycles. The van der Waals surface area contributed by atoms with Crippen LogP contribution in [-0.4, -0.2) is 36.5 Å². The second-order valence-electron chi connectivity index (χ2n) is 7.45. The molecule has 0 bridgehead atoms. The number of likely N-dealkylation sites (tertiary alicyclic amines) is 1. The summed E-state index contributed by atoms with van der Waals surface area (Å²) in [5, 5.41) is 3.25. The summed E-state index contributed by atoms with van der Waals surface area (Å²) in [4.78, 5) is 15.0. The highest BCUT2D eigenvalue weighted by molar-refractivity contribution is 5.94. The molecule has 2 fully saturated rings. The minimum Gasteiger partial charge on any atom is -0.348 e. The van der Waals surface area contributed by atoms with Gasteiger partial charge in [-0.25, -0.2) is 0 Å². The minimum absolute atomic E-state index is 0.0817. The first-order chi connectivity index (χ1) is 11.2.